The molecule has 3 N–H and O–H groups in total. The van der Waals surface area contributed by atoms with Crippen molar-refractivity contribution in [3.63, 3.8) is 0 Å². The van der Waals surface area contributed by atoms with Crippen molar-refractivity contribution in [1.29, 1.82) is 0 Å². The third-order valence-corrected chi connectivity index (χ3v) is 7.98. The van der Waals surface area contributed by atoms with Crippen molar-refractivity contribution in [2.24, 2.45) is 0 Å². The van der Waals surface area contributed by atoms with Gasteiger partial charge in [-0.1, -0.05) is 25.8 Å². The van der Waals surface area contributed by atoms with Crippen LogP contribution in [0.4, 0.5) is 11.4 Å². The highest BCUT2D eigenvalue weighted by molar-refractivity contribution is 7.92. The van der Waals surface area contributed by atoms with Gasteiger partial charge in [-0.05, 0) is 61.7 Å². The number of carbonyl (C=O) groups is 1. The first-order valence-electron chi connectivity index (χ1n) is 10.2. The van der Waals surface area contributed by atoms with Crippen LogP contribution in [0.3, 0.4) is 0 Å². The Bertz CT molecular complexity index is 1120. The Morgan fingerprint density at radius 1 is 0.968 bits per heavy atom. The van der Waals surface area contributed by atoms with Crippen LogP contribution in [0.15, 0.2) is 53.4 Å². The molecular weight excluding hydrogens is 438 g/mol. The molecule has 0 heterocycles. The number of sulfonamides is 2. The van der Waals surface area contributed by atoms with E-state index < -0.39 is 26.0 Å². The number of benzene rings is 2. The van der Waals surface area contributed by atoms with Gasteiger partial charge in [0.05, 0.1) is 10.6 Å². The smallest absolute Gasteiger partial charge is 0.255 e. The zero-order chi connectivity index (χ0) is 22.5. The van der Waals surface area contributed by atoms with Gasteiger partial charge >= 0.3 is 0 Å². The van der Waals surface area contributed by atoms with Gasteiger partial charge in [-0.2, -0.15) is 0 Å². The Balaban J connectivity index is 1.67. The van der Waals surface area contributed by atoms with Gasteiger partial charge < -0.3 is 5.32 Å². The van der Waals surface area contributed by atoms with Gasteiger partial charge in [0.25, 0.3) is 5.91 Å². The molecule has 31 heavy (non-hydrogen) atoms. The van der Waals surface area contributed by atoms with Crippen LogP contribution in [0.1, 0.15) is 49.4 Å². The second-order valence-electron chi connectivity index (χ2n) is 7.58. The third-order valence-electron chi connectivity index (χ3n) is 4.97. The van der Waals surface area contributed by atoms with E-state index in [4.69, 9.17) is 0 Å². The maximum Gasteiger partial charge on any atom is 0.255 e. The maximum atomic E-state index is 12.6. The van der Waals surface area contributed by atoms with Crippen LogP contribution in [0, 0.1) is 0 Å². The maximum absolute atomic E-state index is 12.6. The molecule has 0 spiro atoms. The zero-order valence-corrected chi connectivity index (χ0v) is 18.9. The van der Waals surface area contributed by atoms with E-state index in [0.717, 1.165) is 25.7 Å². The number of amides is 1. The summed E-state index contributed by atoms with van der Waals surface area (Å²) in [6.45, 7) is 1.78. The van der Waals surface area contributed by atoms with Gasteiger partial charge in [0, 0.05) is 23.0 Å². The van der Waals surface area contributed by atoms with Gasteiger partial charge in [0.1, 0.15) is 0 Å². The van der Waals surface area contributed by atoms with Crippen LogP contribution >= 0.6 is 0 Å². The number of hydrogen-bond acceptors (Lipinski definition) is 5. The number of carbonyl (C=O) groups excluding carboxylic acids is 1. The summed E-state index contributed by atoms with van der Waals surface area (Å²) in [5, 5.41) is 2.69. The Hall–Kier alpha value is -2.43. The van der Waals surface area contributed by atoms with Crippen molar-refractivity contribution < 1.29 is 21.6 Å². The highest BCUT2D eigenvalue weighted by Gasteiger charge is 2.23. The summed E-state index contributed by atoms with van der Waals surface area (Å²) in [6.07, 6.45) is 4.17. The second kappa shape index (κ2) is 9.80. The van der Waals surface area contributed by atoms with Crippen molar-refractivity contribution in [3.8, 4) is 0 Å². The van der Waals surface area contributed by atoms with E-state index in [0.29, 0.717) is 17.8 Å². The molecule has 3 rings (SSSR count). The summed E-state index contributed by atoms with van der Waals surface area (Å²) in [5.41, 5.74) is 1.07. The fraction of sp³-hybridized carbons (Fsp3) is 0.381. The minimum Gasteiger partial charge on any atom is -0.322 e. The molecule has 0 bridgehead atoms. The number of nitrogens with one attached hydrogen (secondary N) is 3. The quantitative estimate of drug-likeness (QED) is 0.525. The topological polar surface area (TPSA) is 121 Å². The van der Waals surface area contributed by atoms with E-state index in [1.165, 1.54) is 24.3 Å². The third kappa shape index (κ3) is 6.52. The Morgan fingerprint density at radius 3 is 2.26 bits per heavy atom. The van der Waals surface area contributed by atoms with E-state index in [9.17, 15) is 21.6 Å². The minimum atomic E-state index is -3.70. The first kappa shape index (κ1) is 23.2. The second-order valence-corrected chi connectivity index (χ2v) is 11.1. The summed E-state index contributed by atoms with van der Waals surface area (Å²) in [4.78, 5) is 12.6. The molecule has 8 nitrogen and oxygen atoms in total. The molecule has 1 aliphatic rings. The molecule has 1 aliphatic carbocycles. The average Bonchev–Trinajstić information content (AvgIpc) is 3.21. The molecule has 1 amide bonds. The standard InChI is InChI=1S/C21H27N3O5S2/c1-2-14-30(26,27)23-19-12-10-17(11-13-19)22-21(25)16-6-5-9-20(15-16)31(28,29)24-18-7-3-4-8-18/h5-6,9-13,15,18,23-24H,2-4,7-8,14H2,1H3,(H,22,25). The SMILES string of the molecule is CCCS(=O)(=O)Nc1ccc(NC(=O)c2cccc(S(=O)(=O)NC3CCCC3)c2)cc1. The molecule has 0 unspecified atom stereocenters. The molecule has 2 aromatic rings. The predicted molar refractivity (Wildman–Crippen MR) is 121 cm³/mol. The zero-order valence-electron chi connectivity index (χ0n) is 17.3. The first-order valence-corrected chi connectivity index (χ1v) is 13.4. The Morgan fingerprint density at radius 2 is 1.61 bits per heavy atom. The van der Waals surface area contributed by atoms with E-state index in [1.807, 2.05) is 0 Å². The highest BCUT2D eigenvalue weighted by atomic mass is 32.2. The first-order chi connectivity index (χ1) is 14.7. The molecule has 0 saturated heterocycles. The molecule has 0 atom stereocenters. The van der Waals surface area contributed by atoms with Gasteiger partial charge in [-0.25, -0.2) is 21.6 Å². The molecule has 2 aromatic carbocycles. The Kier molecular flexibility index (Phi) is 7.34. The molecule has 1 saturated carbocycles. The Labute approximate surface area is 183 Å². The van der Waals surface area contributed by atoms with E-state index in [2.05, 4.69) is 14.8 Å². The average molecular weight is 466 g/mol. The molecule has 0 aliphatic heterocycles. The number of anilines is 2. The fourth-order valence-corrected chi connectivity index (χ4v) is 5.94. The van der Waals surface area contributed by atoms with Gasteiger partial charge in [0.2, 0.25) is 20.0 Å². The highest BCUT2D eigenvalue weighted by Crippen LogP contribution is 2.21. The van der Waals surface area contributed by atoms with Crippen LogP contribution in [0.5, 0.6) is 0 Å². The molecule has 0 radical (unpaired) electrons. The van der Waals surface area contributed by atoms with Crippen LogP contribution in [-0.4, -0.2) is 34.5 Å². The molecule has 0 aromatic heterocycles. The van der Waals surface area contributed by atoms with Gasteiger partial charge in [-0.3, -0.25) is 9.52 Å². The van der Waals surface area contributed by atoms with Crippen molar-refractivity contribution in [2.75, 3.05) is 15.8 Å². The monoisotopic (exact) mass is 465 g/mol. The van der Waals surface area contributed by atoms with Crippen LogP contribution < -0.4 is 14.8 Å². The van der Waals surface area contributed by atoms with Crippen LogP contribution in [0.2, 0.25) is 0 Å². The van der Waals surface area contributed by atoms with Crippen LogP contribution in [-0.2, 0) is 20.0 Å². The lowest BCUT2D eigenvalue weighted by Gasteiger charge is -2.13. The molecule has 10 heteroatoms. The van der Waals surface area contributed by atoms with E-state index in [1.54, 1.807) is 31.2 Å². The lowest BCUT2D eigenvalue weighted by atomic mass is 10.2. The fourth-order valence-electron chi connectivity index (χ4n) is 3.46. The van der Waals surface area contributed by atoms with E-state index in [-0.39, 0.29) is 22.3 Å². The summed E-state index contributed by atoms with van der Waals surface area (Å²) in [6, 6.07) is 12.1. The van der Waals surface area contributed by atoms with Crippen molar-refractivity contribution in [3.05, 3.63) is 54.1 Å². The molecule has 1 fully saturated rings. The largest absolute Gasteiger partial charge is 0.322 e. The lowest BCUT2D eigenvalue weighted by molar-refractivity contribution is 0.102. The van der Waals surface area contributed by atoms with Crippen molar-refractivity contribution in [1.82, 2.24) is 4.72 Å². The summed E-state index contributed by atoms with van der Waals surface area (Å²) < 4.78 is 54.1. The summed E-state index contributed by atoms with van der Waals surface area (Å²) in [7, 11) is -7.09. The number of rotatable bonds is 9. The summed E-state index contributed by atoms with van der Waals surface area (Å²) >= 11 is 0. The van der Waals surface area contributed by atoms with Crippen molar-refractivity contribution >= 4 is 37.3 Å². The number of hydrogen-bond donors (Lipinski definition) is 3. The van der Waals surface area contributed by atoms with Gasteiger partial charge in [-0.15, -0.1) is 0 Å². The molecule has 168 valence electrons. The minimum absolute atomic E-state index is 0.0281. The van der Waals surface area contributed by atoms with Crippen LogP contribution in [0.25, 0.3) is 0 Å². The lowest BCUT2D eigenvalue weighted by Crippen LogP contribution is -2.32. The predicted octanol–water partition coefficient (Wildman–Crippen LogP) is 3.31. The summed E-state index contributed by atoms with van der Waals surface area (Å²) in [5.74, 6) is -0.433. The van der Waals surface area contributed by atoms with Gasteiger partial charge in [0.15, 0.2) is 0 Å². The molecular formula is C21H27N3O5S2. The van der Waals surface area contributed by atoms with Crippen molar-refractivity contribution in [2.45, 2.75) is 50.0 Å². The van der Waals surface area contributed by atoms with E-state index >= 15 is 0 Å². The normalized spacial score (nSPS) is 15.0.